The van der Waals surface area contributed by atoms with Crippen LogP contribution in [0.25, 0.3) is 10.1 Å². The molecule has 0 aliphatic rings. The van der Waals surface area contributed by atoms with Crippen LogP contribution in [0.5, 0.6) is 5.75 Å². The Labute approximate surface area is 214 Å². The number of hydrogen-bond donors (Lipinski definition) is 2. The van der Waals surface area contributed by atoms with Crippen molar-refractivity contribution in [2.45, 2.75) is 0 Å². The van der Waals surface area contributed by atoms with E-state index in [4.69, 9.17) is 27.9 Å². The van der Waals surface area contributed by atoms with Crippen LogP contribution in [0.1, 0.15) is 25.6 Å². The molecule has 176 valence electrons. The van der Waals surface area contributed by atoms with E-state index in [9.17, 15) is 14.4 Å². The van der Waals surface area contributed by atoms with Crippen molar-refractivity contribution in [1.82, 2.24) is 10.7 Å². The lowest BCUT2D eigenvalue weighted by molar-refractivity contribution is -0.120. The molecular weight excluding hydrogens is 509 g/mol. The summed E-state index contributed by atoms with van der Waals surface area (Å²) in [5.41, 5.74) is 3.39. The van der Waals surface area contributed by atoms with Crippen molar-refractivity contribution in [2.75, 3.05) is 6.54 Å². The molecule has 0 bridgehead atoms. The van der Waals surface area contributed by atoms with Gasteiger partial charge in [0.15, 0.2) is 0 Å². The average Bonchev–Trinajstić information content (AvgIpc) is 3.20. The summed E-state index contributed by atoms with van der Waals surface area (Å²) < 4.78 is 6.20. The molecule has 2 N–H and O–H groups in total. The first-order chi connectivity index (χ1) is 16.9. The number of fused-ring (bicyclic) bond motifs is 1. The Kier molecular flexibility index (Phi) is 7.77. The van der Waals surface area contributed by atoms with Gasteiger partial charge in [-0.2, -0.15) is 5.10 Å². The summed E-state index contributed by atoms with van der Waals surface area (Å²) in [6, 6.07) is 20.3. The van der Waals surface area contributed by atoms with Crippen molar-refractivity contribution < 1.29 is 19.1 Å². The SMILES string of the molecule is O=C(CNC(=O)c1sc2ccccc2c1Cl)N/N=C/c1ccc(OC(=O)c2ccc(Cl)cc2)cc1. The van der Waals surface area contributed by atoms with E-state index >= 15 is 0 Å². The summed E-state index contributed by atoms with van der Waals surface area (Å²) in [6.07, 6.45) is 1.42. The van der Waals surface area contributed by atoms with E-state index < -0.39 is 17.8 Å². The van der Waals surface area contributed by atoms with Gasteiger partial charge in [0.05, 0.1) is 23.3 Å². The zero-order valence-electron chi connectivity index (χ0n) is 18.0. The number of carbonyl (C=O) groups excluding carboxylic acids is 3. The number of ether oxygens (including phenoxy) is 1. The van der Waals surface area contributed by atoms with Gasteiger partial charge in [0.2, 0.25) is 0 Å². The average molecular weight is 526 g/mol. The van der Waals surface area contributed by atoms with E-state index in [2.05, 4.69) is 15.8 Å². The fourth-order valence-electron chi connectivity index (χ4n) is 2.99. The molecule has 0 fully saturated rings. The molecule has 3 aromatic carbocycles. The summed E-state index contributed by atoms with van der Waals surface area (Å²) in [6.45, 7) is -0.264. The molecule has 2 amide bonds. The predicted molar refractivity (Wildman–Crippen MR) is 138 cm³/mol. The zero-order valence-corrected chi connectivity index (χ0v) is 20.3. The van der Waals surface area contributed by atoms with Crippen LogP contribution in [0.15, 0.2) is 77.9 Å². The molecule has 35 heavy (non-hydrogen) atoms. The molecule has 0 aliphatic heterocycles. The van der Waals surface area contributed by atoms with Crippen molar-refractivity contribution >= 4 is 68.6 Å². The molecule has 0 unspecified atom stereocenters. The summed E-state index contributed by atoms with van der Waals surface area (Å²) in [5, 5.41) is 8.10. The molecular formula is C25H17Cl2N3O4S. The first-order valence-corrected chi connectivity index (χ1v) is 11.8. The molecule has 10 heteroatoms. The largest absolute Gasteiger partial charge is 0.423 e. The molecule has 0 saturated carbocycles. The van der Waals surface area contributed by atoms with E-state index in [-0.39, 0.29) is 6.54 Å². The Morgan fingerprint density at radius 1 is 0.943 bits per heavy atom. The molecule has 0 atom stereocenters. The Balaban J connectivity index is 1.25. The van der Waals surface area contributed by atoms with Gasteiger partial charge >= 0.3 is 5.97 Å². The van der Waals surface area contributed by atoms with Crippen molar-refractivity contribution in [1.29, 1.82) is 0 Å². The highest BCUT2D eigenvalue weighted by Crippen LogP contribution is 2.34. The third kappa shape index (κ3) is 6.24. The lowest BCUT2D eigenvalue weighted by Gasteiger charge is -2.05. The molecule has 0 radical (unpaired) electrons. The van der Waals surface area contributed by atoms with Gasteiger partial charge in [0.25, 0.3) is 11.8 Å². The Bertz CT molecular complexity index is 1420. The molecule has 0 aliphatic carbocycles. The Hall–Kier alpha value is -3.72. The van der Waals surface area contributed by atoms with Crippen LogP contribution < -0.4 is 15.5 Å². The van der Waals surface area contributed by atoms with Crippen molar-refractivity contribution in [3.05, 3.63) is 98.8 Å². The van der Waals surface area contributed by atoms with E-state index in [0.29, 0.717) is 31.8 Å². The molecule has 0 spiro atoms. The van der Waals surface area contributed by atoms with Gasteiger partial charge in [-0.1, -0.05) is 41.4 Å². The standard InChI is InChI=1S/C25H17Cl2N3O4S/c26-17-9-7-16(8-10-17)25(33)34-18-11-5-15(6-12-18)13-29-30-21(31)14-28-24(32)23-22(27)19-3-1-2-4-20(19)35-23/h1-13H,14H2,(H,28,32)(H,30,31)/b29-13+. The van der Waals surface area contributed by atoms with E-state index in [0.717, 1.165) is 10.1 Å². The number of hydrogen-bond acceptors (Lipinski definition) is 6. The van der Waals surface area contributed by atoms with Gasteiger partial charge in [-0.05, 0) is 60.2 Å². The third-order valence-corrected chi connectivity index (χ3v) is 6.65. The molecule has 0 saturated heterocycles. The summed E-state index contributed by atoms with van der Waals surface area (Å²) in [7, 11) is 0. The Morgan fingerprint density at radius 3 is 2.37 bits per heavy atom. The molecule has 1 heterocycles. The zero-order chi connectivity index (χ0) is 24.8. The van der Waals surface area contributed by atoms with Gasteiger partial charge in [-0.3, -0.25) is 9.59 Å². The van der Waals surface area contributed by atoms with Crippen LogP contribution in [-0.2, 0) is 4.79 Å². The van der Waals surface area contributed by atoms with E-state index in [1.807, 2.05) is 24.3 Å². The van der Waals surface area contributed by atoms with Gasteiger partial charge in [-0.15, -0.1) is 11.3 Å². The molecule has 4 aromatic rings. The minimum atomic E-state index is -0.505. The minimum Gasteiger partial charge on any atom is -0.423 e. The third-order valence-electron chi connectivity index (χ3n) is 4.72. The van der Waals surface area contributed by atoms with Crippen LogP contribution in [-0.4, -0.2) is 30.5 Å². The monoisotopic (exact) mass is 525 g/mol. The minimum absolute atomic E-state index is 0.264. The van der Waals surface area contributed by atoms with Gasteiger partial charge in [0, 0.05) is 15.1 Å². The van der Waals surface area contributed by atoms with Crippen molar-refractivity contribution in [2.24, 2.45) is 5.10 Å². The smallest absolute Gasteiger partial charge is 0.343 e. The van der Waals surface area contributed by atoms with Crippen molar-refractivity contribution in [3.8, 4) is 5.75 Å². The molecule has 4 rings (SSSR count). The number of halogens is 2. The maximum absolute atomic E-state index is 12.4. The van der Waals surface area contributed by atoms with Crippen LogP contribution in [0.4, 0.5) is 0 Å². The van der Waals surface area contributed by atoms with E-state index in [1.165, 1.54) is 17.6 Å². The highest BCUT2D eigenvalue weighted by molar-refractivity contribution is 7.21. The maximum Gasteiger partial charge on any atom is 0.343 e. The molecule has 7 nitrogen and oxygen atoms in total. The fraction of sp³-hybridized carbons (Fsp3) is 0.0400. The fourth-order valence-corrected chi connectivity index (χ4v) is 4.55. The number of thiophene rings is 1. The maximum atomic E-state index is 12.4. The summed E-state index contributed by atoms with van der Waals surface area (Å²) in [4.78, 5) is 36.9. The number of rotatable bonds is 7. The highest BCUT2D eigenvalue weighted by Gasteiger charge is 2.17. The summed E-state index contributed by atoms with van der Waals surface area (Å²) >= 11 is 13.4. The van der Waals surface area contributed by atoms with Gasteiger partial charge in [0.1, 0.15) is 10.6 Å². The highest BCUT2D eigenvalue weighted by atomic mass is 35.5. The van der Waals surface area contributed by atoms with Gasteiger partial charge < -0.3 is 10.1 Å². The second-order valence-corrected chi connectivity index (χ2v) is 9.05. The normalized spacial score (nSPS) is 10.9. The Morgan fingerprint density at radius 2 is 1.66 bits per heavy atom. The predicted octanol–water partition coefficient (Wildman–Crippen LogP) is 5.31. The first-order valence-electron chi connectivity index (χ1n) is 10.3. The number of amides is 2. The number of benzene rings is 3. The lowest BCUT2D eigenvalue weighted by atomic mass is 10.2. The van der Waals surface area contributed by atoms with Crippen LogP contribution in [0.2, 0.25) is 10.0 Å². The number of esters is 1. The summed E-state index contributed by atoms with van der Waals surface area (Å²) in [5.74, 6) is -1.08. The van der Waals surface area contributed by atoms with Gasteiger partial charge in [-0.25, -0.2) is 10.2 Å². The first kappa shape index (κ1) is 24.4. The van der Waals surface area contributed by atoms with Crippen LogP contribution in [0.3, 0.4) is 0 Å². The number of nitrogens with one attached hydrogen (secondary N) is 2. The number of carbonyl (C=O) groups is 3. The van der Waals surface area contributed by atoms with Crippen LogP contribution in [0, 0.1) is 0 Å². The molecule has 1 aromatic heterocycles. The quantitative estimate of drug-likeness (QED) is 0.148. The lowest BCUT2D eigenvalue weighted by Crippen LogP contribution is -2.34. The van der Waals surface area contributed by atoms with Crippen LogP contribution >= 0.6 is 34.5 Å². The second-order valence-electron chi connectivity index (χ2n) is 7.18. The van der Waals surface area contributed by atoms with Crippen molar-refractivity contribution in [3.63, 3.8) is 0 Å². The number of nitrogens with zero attached hydrogens (tertiary/aromatic N) is 1. The second kappa shape index (κ2) is 11.1. The topological polar surface area (TPSA) is 96.9 Å². The number of hydrazone groups is 1. The van der Waals surface area contributed by atoms with E-state index in [1.54, 1.807) is 48.5 Å².